The first-order chi connectivity index (χ1) is 11.0. The van der Waals surface area contributed by atoms with Crippen LogP contribution >= 0.6 is 23.2 Å². The maximum Gasteiger partial charge on any atom is 0.257 e. The van der Waals surface area contributed by atoms with E-state index in [0.717, 1.165) is 17.7 Å². The Hall–Kier alpha value is -2.11. The summed E-state index contributed by atoms with van der Waals surface area (Å²) in [6.45, 7) is 2.21. The Morgan fingerprint density at radius 2 is 2.04 bits per heavy atom. The van der Waals surface area contributed by atoms with Crippen LogP contribution < -0.4 is 10.2 Å². The Kier molecular flexibility index (Phi) is 4.24. The first-order valence-electron chi connectivity index (χ1n) is 6.99. The van der Waals surface area contributed by atoms with Crippen molar-refractivity contribution in [3.63, 3.8) is 0 Å². The molecule has 0 atom stereocenters. The van der Waals surface area contributed by atoms with E-state index in [9.17, 15) is 9.59 Å². The summed E-state index contributed by atoms with van der Waals surface area (Å²) in [5, 5.41) is 3.18. The number of carbonyl (C=O) groups is 2. The Morgan fingerprint density at radius 1 is 1.26 bits per heavy atom. The second kappa shape index (κ2) is 6.18. The van der Waals surface area contributed by atoms with Crippen LogP contribution in [0.1, 0.15) is 22.8 Å². The zero-order valence-electron chi connectivity index (χ0n) is 12.3. The molecule has 1 aromatic heterocycles. The van der Waals surface area contributed by atoms with Crippen molar-refractivity contribution in [1.29, 1.82) is 0 Å². The fourth-order valence-electron chi connectivity index (χ4n) is 2.56. The van der Waals surface area contributed by atoms with E-state index in [1.807, 2.05) is 12.1 Å². The highest BCUT2D eigenvalue weighted by atomic mass is 35.5. The topological polar surface area (TPSA) is 62.3 Å². The zero-order chi connectivity index (χ0) is 16.6. The number of rotatable bonds is 2. The number of pyridine rings is 1. The van der Waals surface area contributed by atoms with Gasteiger partial charge >= 0.3 is 0 Å². The first kappa shape index (κ1) is 15.8. The van der Waals surface area contributed by atoms with Gasteiger partial charge in [0, 0.05) is 31.0 Å². The maximum atomic E-state index is 12.2. The van der Waals surface area contributed by atoms with Crippen LogP contribution in [0.2, 0.25) is 10.2 Å². The quantitative estimate of drug-likeness (QED) is 0.843. The molecule has 0 spiro atoms. The lowest BCUT2D eigenvalue weighted by Crippen LogP contribution is -2.25. The molecule has 0 saturated carbocycles. The van der Waals surface area contributed by atoms with Gasteiger partial charge in [0.05, 0.1) is 10.6 Å². The number of nitrogens with zero attached hydrogens (tertiary/aromatic N) is 2. The zero-order valence-corrected chi connectivity index (χ0v) is 13.8. The monoisotopic (exact) mass is 349 g/mol. The highest BCUT2D eigenvalue weighted by molar-refractivity contribution is 6.41. The average molecular weight is 350 g/mol. The van der Waals surface area contributed by atoms with Gasteiger partial charge in [0.25, 0.3) is 5.91 Å². The van der Waals surface area contributed by atoms with E-state index in [2.05, 4.69) is 10.3 Å². The van der Waals surface area contributed by atoms with Crippen LogP contribution in [-0.4, -0.2) is 23.3 Å². The molecule has 23 heavy (non-hydrogen) atoms. The summed E-state index contributed by atoms with van der Waals surface area (Å²) in [4.78, 5) is 29.4. The molecule has 5 nitrogen and oxygen atoms in total. The van der Waals surface area contributed by atoms with E-state index in [1.54, 1.807) is 17.9 Å². The Bertz CT molecular complexity index is 808. The summed E-state index contributed by atoms with van der Waals surface area (Å²) in [6, 6.07) is 6.95. The van der Waals surface area contributed by atoms with Crippen molar-refractivity contribution >= 4 is 46.4 Å². The van der Waals surface area contributed by atoms with Gasteiger partial charge in [-0.05, 0) is 36.2 Å². The van der Waals surface area contributed by atoms with Crippen LogP contribution in [0, 0.1) is 0 Å². The third-order valence-corrected chi connectivity index (χ3v) is 4.36. The number of benzene rings is 1. The summed E-state index contributed by atoms with van der Waals surface area (Å²) in [7, 11) is 0. The van der Waals surface area contributed by atoms with Gasteiger partial charge in [0.2, 0.25) is 5.91 Å². The standard InChI is InChI=1S/C16H13Cl2N3O2/c1-9(22)21-5-4-10-6-12(2-3-14(10)21)20-16(23)11-7-13(17)15(18)19-8-11/h2-3,6-8H,4-5H2,1H3,(H,20,23). The molecule has 7 heteroatoms. The molecule has 0 fully saturated rings. The van der Waals surface area contributed by atoms with E-state index >= 15 is 0 Å². The first-order valence-corrected chi connectivity index (χ1v) is 7.75. The van der Waals surface area contributed by atoms with Gasteiger partial charge < -0.3 is 10.2 Å². The third-order valence-electron chi connectivity index (χ3n) is 3.67. The van der Waals surface area contributed by atoms with Crippen molar-refractivity contribution < 1.29 is 9.59 Å². The predicted molar refractivity (Wildman–Crippen MR) is 90.4 cm³/mol. The number of hydrogen-bond donors (Lipinski definition) is 1. The number of nitrogens with one attached hydrogen (secondary N) is 1. The molecule has 0 unspecified atom stereocenters. The van der Waals surface area contributed by atoms with E-state index in [-0.39, 0.29) is 22.0 Å². The van der Waals surface area contributed by atoms with Gasteiger partial charge in [0.1, 0.15) is 5.15 Å². The van der Waals surface area contributed by atoms with Crippen molar-refractivity contribution in [2.75, 3.05) is 16.8 Å². The fourth-order valence-corrected chi connectivity index (χ4v) is 2.82. The van der Waals surface area contributed by atoms with E-state index in [0.29, 0.717) is 17.8 Å². The maximum absolute atomic E-state index is 12.2. The lowest BCUT2D eigenvalue weighted by atomic mass is 10.1. The second-order valence-electron chi connectivity index (χ2n) is 5.21. The van der Waals surface area contributed by atoms with Gasteiger partial charge in [0.15, 0.2) is 0 Å². The number of amides is 2. The summed E-state index contributed by atoms with van der Waals surface area (Å²) in [6.07, 6.45) is 2.14. The van der Waals surface area contributed by atoms with Crippen molar-refractivity contribution in [3.8, 4) is 0 Å². The van der Waals surface area contributed by atoms with Crippen LogP contribution in [0.25, 0.3) is 0 Å². The molecule has 0 saturated heterocycles. The van der Waals surface area contributed by atoms with Crippen molar-refractivity contribution in [2.24, 2.45) is 0 Å². The number of hydrogen-bond acceptors (Lipinski definition) is 3. The minimum Gasteiger partial charge on any atom is -0.322 e. The van der Waals surface area contributed by atoms with Gasteiger partial charge in [-0.3, -0.25) is 9.59 Å². The van der Waals surface area contributed by atoms with Crippen molar-refractivity contribution in [3.05, 3.63) is 51.8 Å². The summed E-state index contributed by atoms with van der Waals surface area (Å²) < 4.78 is 0. The molecule has 2 amide bonds. The van der Waals surface area contributed by atoms with Crippen LogP contribution in [0.3, 0.4) is 0 Å². The normalized spacial score (nSPS) is 12.9. The van der Waals surface area contributed by atoms with Gasteiger partial charge in [-0.15, -0.1) is 0 Å². The van der Waals surface area contributed by atoms with Crippen LogP contribution in [-0.2, 0) is 11.2 Å². The Balaban J connectivity index is 1.80. The van der Waals surface area contributed by atoms with Gasteiger partial charge in [-0.2, -0.15) is 0 Å². The lowest BCUT2D eigenvalue weighted by molar-refractivity contribution is -0.116. The predicted octanol–water partition coefficient (Wildman–Crippen LogP) is 3.55. The van der Waals surface area contributed by atoms with Crippen molar-refractivity contribution in [2.45, 2.75) is 13.3 Å². The summed E-state index contributed by atoms with van der Waals surface area (Å²) in [5.41, 5.74) is 2.91. The van der Waals surface area contributed by atoms with Crippen molar-refractivity contribution in [1.82, 2.24) is 4.98 Å². The SMILES string of the molecule is CC(=O)N1CCc2cc(NC(=O)c3cnc(Cl)c(Cl)c3)ccc21. The highest BCUT2D eigenvalue weighted by Gasteiger charge is 2.22. The van der Waals surface area contributed by atoms with Crippen LogP contribution in [0.5, 0.6) is 0 Å². The smallest absolute Gasteiger partial charge is 0.257 e. The molecule has 2 heterocycles. The molecule has 0 aliphatic carbocycles. The van der Waals surface area contributed by atoms with E-state index in [4.69, 9.17) is 23.2 Å². The highest BCUT2D eigenvalue weighted by Crippen LogP contribution is 2.30. The molecule has 118 valence electrons. The number of carbonyl (C=O) groups excluding carboxylic acids is 2. The number of halogens is 2. The molecule has 2 aromatic rings. The minimum absolute atomic E-state index is 0.0161. The molecule has 1 aromatic carbocycles. The molecule has 3 rings (SSSR count). The Labute approximate surface area is 143 Å². The summed E-state index contributed by atoms with van der Waals surface area (Å²) in [5.74, 6) is -0.306. The van der Waals surface area contributed by atoms with Crippen LogP contribution in [0.15, 0.2) is 30.5 Å². The van der Waals surface area contributed by atoms with Crippen LogP contribution in [0.4, 0.5) is 11.4 Å². The number of fused-ring (bicyclic) bond motifs is 1. The molecular weight excluding hydrogens is 337 g/mol. The molecule has 0 bridgehead atoms. The second-order valence-corrected chi connectivity index (χ2v) is 5.98. The molecule has 1 N–H and O–H groups in total. The largest absolute Gasteiger partial charge is 0.322 e. The average Bonchev–Trinajstić information content (AvgIpc) is 2.93. The minimum atomic E-state index is -0.322. The molecule has 0 radical (unpaired) electrons. The Morgan fingerprint density at radius 3 is 2.74 bits per heavy atom. The van der Waals surface area contributed by atoms with Gasteiger partial charge in [-0.25, -0.2) is 4.98 Å². The van der Waals surface area contributed by atoms with E-state index in [1.165, 1.54) is 12.3 Å². The third kappa shape index (κ3) is 3.16. The number of aromatic nitrogens is 1. The number of anilines is 2. The fraction of sp³-hybridized carbons (Fsp3) is 0.188. The summed E-state index contributed by atoms with van der Waals surface area (Å²) >= 11 is 11.6. The van der Waals surface area contributed by atoms with E-state index < -0.39 is 0 Å². The lowest BCUT2D eigenvalue weighted by Gasteiger charge is -2.15. The van der Waals surface area contributed by atoms with Gasteiger partial charge in [-0.1, -0.05) is 23.2 Å². The molecule has 1 aliphatic rings. The molecule has 1 aliphatic heterocycles. The molecular formula is C16H13Cl2N3O2.